The molecule has 1 aromatic rings. The average molecular weight is 223 g/mol. The number of hydrogen-bond donors (Lipinski definition) is 2. The largest absolute Gasteiger partial charge is 0.491 e. The number of aliphatic hydroxyl groups excluding tert-OH is 1. The zero-order chi connectivity index (χ0) is 12.0. The Balaban J connectivity index is 2.65. The van der Waals surface area contributed by atoms with E-state index in [0.717, 1.165) is 17.9 Å². The predicted octanol–water partition coefficient (Wildman–Crippen LogP) is 2.12. The van der Waals surface area contributed by atoms with E-state index in [4.69, 9.17) is 4.74 Å². The van der Waals surface area contributed by atoms with Crippen molar-refractivity contribution < 1.29 is 9.84 Å². The molecule has 0 amide bonds. The summed E-state index contributed by atoms with van der Waals surface area (Å²) in [6.07, 6.45) is -0.322. The van der Waals surface area contributed by atoms with Crippen LogP contribution < -0.4 is 10.1 Å². The summed E-state index contributed by atoms with van der Waals surface area (Å²) in [6.45, 7) is 7.43. The van der Waals surface area contributed by atoms with Crippen LogP contribution in [-0.4, -0.2) is 24.3 Å². The molecule has 0 aliphatic rings. The SMILES string of the molecule is CCNCC(O)c1cccc(OC(C)C)c1. The molecule has 0 fully saturated rings. The van der Waals surface area contributed by atoms with E-state index in [1.54, 1.807) is 0 Å². The van der Waals surface area contributed by atoms with Crippen LogP contribution in [0.4, 0.5) is 0 Å². The van der Waals surface area contributed by atoms with Crippen molar-refractivity contribution in [1.82, 2.24) is 5.32 Å². The highest BCUT2D eigenvalue weighted by atomic mass is 16.5. The fourth-order valence-electron chi connectivity index (χ4n) is 1.47. The van der Waals surface area contributed by atoms with Gasteiger partial charge in [0.05, 0.1) is 12.2 Å². The molecule has 2 N–H and O–H groups in total. The van der Waals surface area contributed by atoms with Crippen LogP contribution >= 0.6 is 0 Å². The van der Waals surface area contributed by atoms with Crippen molar-refractivity contribution in [3.05, 3.63) is 29.8 Å². The highest BCUT2D eigenvalue weighted by Crippen LogP contribution is 2.19. The van der Waals surface area contributed by atoms with E-state index >= 15 is 0 Å². The van der Waals surface area contributed by atoms with Gasteiger partial charge < -0.3 is 15.2 Å². The molecule has 0 bridgehead atoms. The van der Waals surface area contributed by atoms with Crippen molar-refractivity contribution in [2.45, 2.75) is 33.0 Å². The van der Waals surface area contributed by atoms with Crippen LogP contribution in [0.3, 0.4) is 0 Å². The highest BCUT2D eigenvalue weighted by Gasteiger charge is 2.07. The first-order chi connectivity index (χ1) is 7.63. The van der Waals surface area contributed by atoms with Gasteiger partial charge in [0, 0.05) is 6.54 Å². The molecule has 90 valence electrons. The second-order valence-corrected chi connectivity index (χ2v) is 4.06. The van der Waals surface area contributed by atoms with Crippen LogP contribution in [0.2, 0.25) is 0 Å². The molecule has 0 spiro atoms. The lowest BCUT2D eigenvalue weighted by Gasteiger charge is -2.14. The number of rotatable bonds is 6. The number of hydrogen-bond acceptors (Lipinski definition) is 3. The molecule has 0 aliphatic carbocycles. The van der Waals surface area contributed by atoms with E-state index < -0.39 is 6.10 Å². The van der Waals surface area contributed by atoms with Crippen molar-refractivity contribution in [2.24, 2.45) is 0 Å². The zero-order valence-corrected chi connectivity index (χ0v) is 10.2. The van der Waals surface area contributed by atoms with Gasteiger partial charge >= 0.3 is 0 Å². The van der Waals surface area contributed by atoms with Crippen LogP contribution in [0.25, 0.3) is 0 Å². The van der Waals surface area contributed by atoms with Crippen LogP contribution in [0.15, 0.2) is 24.3 Å². The highest BCUT2D eigenvalue weighted by molar-refractivity contribution is 5.30. The van der Waals surface area contributed by atoms with Gasteiger partial charge in [0.25, 0.3) is 0 Å². The van der Waals surface area contributed by atoms with Gasteiger partial charge in [0.2, 0.25) is 0 Å². The van der Waals surface area contributed by atoms with Gasteiger partial charge in [-0.05, 0) is 38.1 Å². The summed E-state index contributed by atoms with van der Waals surface area (Å²) in [6, 6.07) is 7.61. The fourth-order valence-corrected chi connectivity index (χ4v) is 1.47. The Morgan fingerprint density at radius 1 is 1.38 bits per heavy atom. The lowest BCUT2D eigenvalue weighted by Crippen LogP contribution is -2.20. The lowest BCUT2D eigenvalue weighted by molar-refractivity contribution is 0.174. The molecule has 3 heteroatoms. The molecule has 1 aromatic carbocycles. The summed E-state index contributed by atoms with van der Waals surface area (Å²) in [7, 11) is 0. The smallest absolute Gasteiger partial charge is 0.120 e. The molecule has 0 heterocycles. The van der Waals surface area contributed by atoms with Gasteiger partial charge in [-0.2, -0.15) is 0 Å². The van der Waals surface area contributed by atoms with Crippen molar-refractivity contribution in [3.8, 4) is 5.75 Å². The number of likely N-dealkylation sites (N-methyl/N-ethyl adjacent to an activating group) is 1. The lowest BCUT2D eigenvalue weighted by atomic mass is 10.1. The van der Waals surface area contributed by atoms with Crippen LogP contribution in [0, 0.1) is 0 Å². The molecule has 1 rings (SSSR count). The van der Waals surface area contributed by atoms with Crippen LogP contribution in [-0.2, 0) is 0 Å². The minimum absolute atomic E-state index is 0.154. The number of aliphatic hydroxyl groups is 1. The maximum Gasteiger partial charge on any atom is 0.120 e. The predicted molar refractivity (Wildman–Crippen MR) is 65.7 cm³/mol. The van der Waals surface area contributed by atoms with E-state index in [2.05, 4.69) is 5.32 Å². The average Bonchev–Trinajstić information content (AvgIpc) is 2.25. The first-order valence-corrected chi connectivity index (χ1v) is 5.79. The maximum atomic E-state index is 9.89. The standard InChI is InChI=1S/C13H21NO2/c1-4-14-9-13(15)11-6-5-7-12(8-11)16-10(2)3/h5-8,10,13-15H,4,9H2,1-3H3. The summed E-state index contributed by atoms with van der Waals surface area (Å²) >= 11 is 0. The number of benzene rings is 1. The minimum atomic E-state index is -0.476. The van der Waals surface area contributed by atoms with E-state index in [9.17, 15) is 5.11 Å². The normalized spacial score (nSPS) is 12.8. The molecular weight excluding hydrogens is 202 g/mol. The van der Waals surface area contributed by atoms with Gasteiger partial charge in [-0.15, -0.1) is 0 Å². The Morgan fingerprint density at radius 2 is 2.12 bits per heavy atom. The van der Waals surface area contributed by atoms with Gasteiger partial charge in [0.15, 0.2) is 0 Å². The Morgan fingerprint density at radius 3 is 2.75 bits per heavy atom. The van der Waals surface area contributed by atoms with Gasteiger partial charge in [-0.3, -0.25) is 0 Å². The fraction of sp³-hybridized carbons (Fsp3) is 0.538. The third-order valence-corrected chi connectivity index (χ3v) is 2.20. The minimum Gasteiger partial charge on any atom is -0.491 e. The molecule has 0 saturated heterocycles. The molecule has 0 radical (unpaired) electrons. The molecule has 0 aliphatic heterocycles. The molecule has 3 nitrogen and oxygen atoms in total. The van der Waals surface area contributed by atoms with Crippen molar-refractivity contribution in [3.63, 3.8) is 0 Å². The first-order valence-electron chi connectivity index (χ1n) is 5.79. The Bertz CT molecular complexity index is 313. The summed E-state index contributed by atoms with van der Waals surface area (Å²) in [5, 5.41) is 13.0. The van der Waals surface area contributed by atoms with Crippen LogP contribution in [0.5, 0.6) is 5.75 Å². The summed E-state index contributed by atoms with van der Waals surface area (Å²) < 4.78 is 5.58. The summed E-state index contributed by atoms with van der Waals surface area (Å²) in [5.41, 5.74) is 0.888. The van der Waals surface area contributed by atoms with Crippen LogP contribution in [0.1, 0.15) is 32.4 Å². The molecule has 0 saturated carbocycles. The topological polar surface area (TPSA) is 41.5 Å². The van der Waals surface area contributed by atoms with Crippen molar-refractivity contribution >= 4 is 0 Å². The van der Waals surface area contributed by atoms with Crippen molar-refractivity contribution in [1.29, 1.82) is 0 Å². The third-order valence-electron chi connectivity index (χ3n) is 2.20. The summed E-state index contributed by atoms with van der Waals surface area (Å²) in [4.78, 5) is 0. The van der Waals surface area contributed by atoms with Gasteiger partial charge in [0.1, 0.15) is 5.75 Å². The quantitative estimate of drug-likeness (QED) is 0.776. The molecule has 0 aromatic heterocycles. The maximum absolute atomic E-state index is 9.89. The Labute approximate surface area is 97.4 Å². The second kappa shape index (κ2) is 6.51. The van der Waals surface area contributed by atoms with E-state index in [0.29, 0.717) is 6.54 Å². The monoisotopic (exact) mass is 223 g/mol. The second-order valence-electron chi connectivity index (χ2n) is 4.06. The Kier molecular flexibility index (Phi) is 5.29. The third kappa shape index (κ3) is 4.21. The molecular formula is C13H21NO2. The van der Waals surface area contributed by atoms with E-state index in [-0.39, 0.29) is 6.10 Å². The van der Waals surface area contributed by atoms with E-state index in [1.807, 2.05) is 45.0 Å². The van der Waals surface area contributed by atoms with Gasteiger partial charge in [-0.25, -0.2) is 0 Å². The Hall–Kier alpha value is -1.06. The van der Waals surface area contributed by atoms with Gasteiger partial charge in [-0.1, -0.05) is 19.1 Å². The summed E-state index contributed by atoms with van der Waals surface area (Å²) in [5.74, 6) is 0.808. The molecule has 1 atom stereocenters. The number of nitrogens with one attached hydrogen (secondary N) is 1. The van der Waals surface area contributed by atoms with E-state index in [1.165, 1.54) is 0 Å². The zero-order valence-electron chi connectivity index (χ0n) is 10.2. The number of ether oxygens (including phenoxy) is 1. The molecule has 1 unspecified atom stereocenters. The molecule has 16 heavy (non-hydrogen) atoms. The first kappa shape index (κ1) is 13.0. The van der Waals surface area contributed by atoms with Crippen molar-refractivity contribution in [2.75, 3.05) is 13.1 Å².